The highest BCUT2D eigenvalue weighted by molar-refractivity contribution is 9.09. The van der Waals surface area contributed by atoms with Crippen molar-refractivity contribution in [1.29, 1.82) is 0 Å². The summed E-state index contributed by atoms with van der Waals surface area (Å²) in [5, 5.41) is 28.3. The van der Waals surface area contributed by atoms with E-state index in [1.54, 1.807) is 47.7 Å². The Morgan fingerprint density at radius 1 is 0.402 bits per heavy atom. The Balaban J connectivity index is 0.00000132. The molecule has 0 unspecified atom stereocenters. The molecule has 0 aliphatic heterocycles. The number of methoxy groups -OCH3 is 5. The Hall–Kier alpha value is -5.21. The van der Waals surface area contributed by atoms with Gasteiger partial charge in [0.1, 0.15) is 41.7 Å². The van der Waals surface area contributed by atoms with Crippen LogP contribution in [-0.2, 0) is 99.8 Å². The van der Waals surface area contributed by atoms with E-state index in [0.717, 1.165) is 80.2 Å². The fraction of sp³-hybridized carbons (Fsp3) is 0.653. The molecular formula is C75H127Br2ClN6O23. The fourth-order valence-corrected chi connectivity index (χ4v) is 9.05. The highest BCUT2D eigenvalue weighted by Gasteiger charge is 2.18. The first-order chi connectivity index (χ1) is 51.3. The predicted molar refractivity (Wildman–Crippen MR) is 426 cm³/mol. The maximum absolute atomic E-state index is 11.8. The van der Waals surface area contributed by atoms with Crippen LogP contribution >= 0.6 is 44.3 Å². The number of phenolic OH excluding ortho intramolecular Hbond substituents is 1. The molecule has 2 amide bonds. The summed E-state index contributed by atoms with van der Waals surface area (Å²) in [5.41, 5.74) is 11.1. The molecule has 0 fully saturated rings. The number of halogens is 3. The molecular weight excluding hydrogens is 1550 g/mol. The van der Waals surface area contributed by atoms with Crippen LogP contribution in [0.4, 0.5) is 9.59 Å². The smallest absolute Gasteiger partial charge is 0.407 e. The van der Waals surface area contributed by atoms with Gasteiger partial charge in [-0.3, -0.25) is 0 Å². The molecule has 0 spiro atoms. The number of rotatable bonds is 52. The van der Waals surface area contributed by atoms with Gasteiger partial charge in [-0.25, -0.2) is 9.59 Å². The Kier molecular flexibility index (Phi) is 65.4. The topological polar surface area (TPSA) is 347 Å². The zero-order valence-corrected chi connectivity index (χ0v) is 69.1. The molecule has 29 nitrogen and oxygen atoms in total. The number of aliphatic hydroxyl groups is 1. The van der Waals surface area contributed by atoms with Gasteiger partial charge in [0.2, 0.25) is 0 Å². The number of alkyl carbamates (subject to hydrolysis) is 2. The van der Waals surface area contributed by atoms with E-state index < -0.39 is 23.4 Å². The molecule has 0 saturated carbocycles. The summed E-state index contributed by atoms with van der Waals surface area (Å²) in [5.74, 6) is 1.86. The van der Waals surface area contributed by atoms with Gasteiger partial charge >= 0.3 is 12.2 Å². The summed E-state index contributed by atoms with van der Waals surface area (Å²) in [6.45, 7) is 28.6. The van der Waals surface area contributed by atoms with Gasteiger partial charge < -0.3 is 132 Å². The molecule has 0 aliphatic rings. The lowest BCUT2D eigenvalue weighted by Gasteiger charge is -2.19. The third-order valence-electron chi connectivity index (χ3n) is 13.5. The van der Waals surface area contributed by atoms with Gasteiger partial charge in [0.05, 0.1) is 172 Å². The van der Waals surface area contributed by atoms with Gasteiger partial charge in [-0.15, -0.1) is 12.4 Å². The van der Waals surface area contributed by atoms with Gasteiger partial charge in [-0.1, -0.05) is 31.9 Å². The molecule has 0 saturated heterocycles. The van der Waals surface area contributed by atoms with E-state index in [2.05, 4.69) is 57.4 Å². The largest absolute Gasteiger partial charge is 0.508 e. The summed E-state index contributed by atoms with van der Waals surface area (Å²) in [6.07, 6.45) is 7.25. The standard InChI is InChI=1S/C22H34N2O6.C17H26N2O4.C15H20N2O3.2C7H15BrO3.C7H16O4.ClH/c1-22(2,3)30-21(25)23-8-7-17-16-24-20-6-5-18(15-19(17)20)29-14-13-28-12-11-27-10-9-26-4;1-20-6-7-21-8-9-22-10-11-23-15-2-3-17-16(12-15)14(4-5-18)13-19-17;1-15(2,3)20-14(19)16-7-6-10-9-17-13-5-4-11(18)8-12(10)13;3*1-9-4-5-11-7-6-10-3-2-8;/h5-6,15-16,24H,7-14H2,1-4H3,(H,23,25);2-3,12-13,19H,4-11,18H2,1H3;4-5,8-9,17-18H,6-7H2,1-3H3,(H,16,19);2*2-7H2,1H3;8H,2-7H2,1H3;1H. The number of hydrogen-bond acceptors (Lipinski definition) is 24. The lowest BCUT2D eigenvalue weighted by Crippen LogP contribution is -2.33. The van der Waals surface area contributed by atoms with Gasteiger partial charge in [0.25, 0.3) is 0 Å². The molecule has 32 heteroatoms. The van der Waals surface area contributed by atoms with Gasteiger partial charge in [-0.05, 0) is 139 Å². The number of phenols is 1. The van der Waals surface area contributed by atoms with Crippen LogP contribution in [0.1, 0.15) is 58.2 Å². The van der Waals surface area contributed by atoms with E-state index in [-0.39, 0.29) is 24.8 Å². The van der Waals surface area contributed by atoms with E-state index in [0.29, 0.717) is 198 Å². The van der Waals surface area contributed by atoms with Crippen LogP contribution in [-0.4, -0.2) is 299 Å². The second-order valence-corrected chi connectivity index (χ2v) is 26.0. The lowest BCUT2D eigenvalue weighted by atomic mass is 10.1. The van der Waals surface area contributed by atoms with E-state index in [1.165, 1.54) is 10.9 Å². The quantitative estimate of drug-likeness (QED) is 0.0130. The number of fused-ring (bicyclic) bond motifs is 3. The number of hydrogen-bond donors (Lipinski definition) is 8. The van der Waals surface area contributed by atoms with Crippen molar-refractivity contribution in [2.45, 2.75) is 72.0 Å². The van der Waals surface area contributed by atoms with Crippen LogP contribution < -0.4 is 25.8 Å². The first kappa shape index (κ1) is 102. The Morgan fingerprint density at radius 3 is 0.981 bits per heavy atom. The van der Waals surface area contributed by atoms with Crippen molar-refractivity contribution in [2.24, 2.45) is 5.73 Å². The monoisotopic (exact) mass is 1670 g/mol. The van der Waals surface area contributed by atoms with E-state index in [4.69, 9.17) is 101 Å². The summed E-state index contributed by atoms with van der Waals surface area (Å²) in [4.78, 5) is 32.9. The molecule has 0 aliphatic carbocycles. The second-order valence-electron chi connectivity index (χ2n) is 24.4. The number of carbonyl (C=O) groups excluding carboxylic acids is 2. The highest BCUT2D eigenvalue weighted by atomic mass is 79.9. The zero-order valence-electron chi connectivity index (χ0n) is 65.1. The van der Waals surface area contributed by atoms with Crippen LogP contribution in [0.5, 0.6) is 17.2 Å². The van der Waals surface area contributed by atoms with E-state index in [1.807, 2.05) is 103 Å². The van der Waals surface area contributed by atoms with Crippen molar-refractivity contribution >= 4 is 89.2 Å². The molecule has 616 valence electrons. The summed E-state index contributed by atoms with van der Waals surface area (Å²) >= 11 is 6.52. The molecule has 6 rings (SSSR count). The Morgan fingerprint density at radius 2 is 0.682 bits per heavy atom. The normalized spacial score (nSPS) is 11.0. The number of carbonyl (C=O) groups is 2. The number of nitrogens with two attached hydrogens (primary N) is 1. The van der Waals surface area contributed by atoms with Gasteiger partial charge in [-0.2, -0.15) is 0 Å². The predicted octanol–water partition coefficient (Wildman–Crippen LogP) is 10.2. The van der Waals surface area contributed by atoms with Gasteiger partial charge in [0, 0.05) is 111 Å². The molecule has 9 N–H and O–H groups in total. The maximum Gasteiger partial charge on any atom is 0.407 e. The summed E-state index contributed by atoms with van der Waals surface area (Å²) in [6, 6.07) is 17.1. The number of alkyl halides is 2. The van der Waals surface area contributed by atoms with Gasteiger partial charge in [0.15, 0.2) is 0 Å². The average molecular weight is 1680 g/mol. The summed E-state index contributed by atoms with van der Waals surface area (Å²) in [7, 11) is 8.24. The number of ether oxygens (including phenoxy) is 19. The van der Waals surface area contributed by atoms with Crippen molar-refractivity contribution in [3.05, 3.63) is 89.9 Å². The van der Waals surface area contributed by atoms with Crippen molar-refractivity contribution < 1.29 is 110 Å². The Bertz CT molecular complexity index is 2960. The van der Waals surface area contributed by atoms with E-state index in [9.17, 15) is 14.7 Å². The number of benzene rings is 3. The second kappa shape index (κ2) is 68.8. The molecule has 3 heterocycles. The SMILES string of the molecule is CC(C)(C)OC(=O)NCCc1c[nH]c2ccc(O)cc12.COCCOCCOCCBr.COCCOCCOCCBr.COCCOCCOCCO.COCCOCCOCCOc1ccc2[nH]cc(CCN)c2c1.COCCOCCOCCOc1ccc2[nH]cc(CCNC(=O)OC(C)(C)C)c2c1.Cl. The molecule has 3 aromatic heterocycles. The third-order valence-corrected chi connectivity index (χ3v) is 14.1. The molecule has 0 atom stereocenters. The molecule has 3 aromatic carbocycles. The molecule has 0 radical (unpaired) electrons. The van der Waals surface area contributed by atoms with E-state index >= 15 is 0 Å². The highest BCUT2D eigenvalue weighted by Crippen LogP contribution is 2.26. The fourth-order valence-electron chi connectivity index (χ4n) is 8.60. The van der Waals surface area contributed by atoms with Crippen molar-refractivity contribution in [3.63, 3.8) is 0 Å². The van der Waals surface area contributed by atoms with Crippen LogP contribution in [0.3, 0.4) is 0 Å². The first-order valence-electron chi connectivity index (χ1n) is 35.7. The third kappa shape index (κ3) is 56.6. The van der Waals surface area contributed by atoms with Crippen LogP contribution in [0, 0.1) is 0 Å². The lowest BCUT2D eigenvalue weighted by molar-refractivity contribution is 0.0159. The zero-order chi connectivity index (χ0) is 78.0. The maximum atomic E-state index is 11.8. The molecule has 107 heavy (non-hydrogen) atoms. The van der Waals surface area contributed by atoms with Crippen LogP contribution in [0.2, 0.25) is 0 Å². The minimum Gasteiger partial charge on any atom is -0.508 e. The molecule has 0 bridgehead atoms. The van der Waals surface area contributed by atoms with Crippen molar-refractivity contribution in [1.82, 2.24) is 25.6 Å². The summed E-state index contributed by atoms with van der Waals surface area (Å²) < 4.78 is 98.3. The first-order valence-corrected chi connectivity index (χ1v) is 37.9. The number of nitrogens with one attached hydrogen (secondary N) is 5. The number of H-pyrrole nitrogens is 3. The molecule has 6 aromatic rings. The Labute approximate surface area is 656 Å². The number of aromatic nitrogens is 3. The minimum absolute atomic E-state index is 0. The average Bonchev–Trinajstić information content (AvgIpc) is 1.71. The van der Waals surface area contributed by atoms with Crippen LogP contribution in [0.15, 0.2) is 73.2 Å². The minimum atomic E-state index is -0.502. The number of amides is 2. The van der Waals surface area contributed by atoms with Crippen molar-refractivity contribution in [2.75, 3.05) is 251 Å². The number of aromatic hydroxyl groups is 1. The number of aromatic amines is 3. The van der Waals surface area contributed by atoms with Crippen LogP contribution in [0.25, 0.3) is 32.7 Å². The number of aliphatic hydroxyl groups excluding tert-OH is 1. The van der Waals surface area contributed by atoms with Crippen molar-refractivity contribution in [3.8, 4) is 17.2 Å².